The van der Waals surface area contributed by atoms with Crippen molar-refractivity contribution in [3.63, 3.8) is 0 Å². The van der Waals surface area contributed by atoms with Crippen LogP contribution in [0.2, 0.25) is 0 Å². The van der Waals surface area contributed by atoms with Gasteiger partial charge in [0, 0.05) is 25.0 Å². The summed E-state index contributed by atoms with van der Waals surface area (Å²) in [7, 11) is 1.79. The van der Waals surface area contributed by atoms with E-state index in [2.05, 4.69) is 116 Å². The van der Waals surface area contributed by atoms with Gasteiger partial charge in [0.15, 0.2) is 0 Å². The summed E-state index contributed by atoms with van der Waals surface area (Å²) < 4.78 is 34.3. The first kappa shape index (κ1) is 58.8. The summed E-state index contributed by atoms with van der Waals surface area (Å²) in [6, 6.07) is 28.4. The first-order chi connectivity index (χ1) is 37.1. The molecule has 0 spiro atoms. The summed E-state index contributed by atoms with van der Waals surface area (Å²) >= 11 is 0. The average Bonchev–Trinajstić information content (AvgIpc) is 4.03. The molecule has 8 rings (SSSR count). The van der Waals surface area contributed by atoms with Crippen LogP contribution in [0.3, 0.4) is 0 Å². The molecule has 0 radical (unpaired) electrons. The quantitative estimate of drug-likeness (QED) is 0.0269. The Balaban J connectivity index is 0.986. The molecule has 3 aromatic rings. The molecule has 1 saturated heterocycles. The third kappa shape index (κ3) is 13.0. The second-order valence-corrected chi connectivity index (χ2v) is 26.1. The van der Waals surface area contributed by atoms with E-state index in [-0.39, 0.29) is 68.2 Å². The minimum atomic E-state index is -1.55. The fourth-order valence-corrected chi connectivity index (χ4v) is 16.8. The highest BCUT2D eigenvalue weighted by molar-refractivity contribution is 7.44. The largest absolute Gasteiger partial charge is 0.497 e. The van der Waals surface area contributed by atoms with Crippen molar-refractivity contribution in [2.75, 3.05) is 40.6 Å². The van der Waals surface area contributed by atoms with E-state index in [9.17, 15) is 10.1 Å². The number of allylic oxidation sites excluding steroid dienone is 2. The molecule has 1 amide bonds. The highest BCUT2D eigenvalue weighted by Crippen LogP contribution is 2.67. The zero-order chi connectivity index (χ0) is 54.9. The predicted molar refractivity (Wildman–Crippen MR) is 310 cm³/mol. The Morgan fingerprint density at radius 3 is 2.13 bits per heavy atom. The van der Waals surface area contributed by atoms with Gasteiger partial charge in [0.2, 0.25) is 5.91 Å². The topological polar surface area (TPSA) is 115 Å². The lowest BCUT2D eigenvalue weighted by Gasteiger charge is -2.58. The van der Waals surface area contributed by atoms with E-state index < -0.39 is 14.1 Å². The van der Waals surface area contributed by atoms with Gasteiger partial charge in [-0.25, -0.2) is 4.67 Å². The molecule has 12 heteroatoms. The molecule has 0 N–H and O–H groups in total. The summed E-state index contributed by atoms with van der Waals surface area (Å²) in [6.45, 7) is 22.1. The van der Waals surface area contributed by atoms with Crippen molar-refractivity contribution in [2.24, 2.45) is 51.5 Å². The van der Waals surface area contributed by atoms with E-state index in [0.29, 0.717) is 18.4 Å². The number of amides is 1. The van der Waals surface area contributed by atoms with Gasteiger partial charge in [-0.1, -0.05) is 125 Å². The van der Waals surface area contributed by atoms with Crippen LogP contribution in [0, 0.1) is 57.7 Å². The number of carbonyl (C=O) groups excluding carboxylic acids is 1. The van der Waals surface area contributed by atoms with Crippen LogP contribution in [-0.2, 0) is 29.0 Å². The van der Waals surface area contributed by atoms with Crippen molar-refractivity contribution in [3.8, 4) is 17.6 Å². The van der Waals surface area contributed by atoms with Gasteiger partial charge >= 0.3 is 0 Å². The average molecular weight is 1070 g/mol. The van der Waals surface area contributed by atoms with Crippen LogP contribution in [0.5, 0.6) is 11.5 Å². The molecule has 4 unspecified atom stereocenters. The van der Waals surface area contributed by atoms with Gasteiger partial charge in [0.25, 0.3) is 8.53 Å². The number of oxime groups is 1. The number of rotatable bonds is 25. The van der Waals surface area contributed by atoms with Crippen molar-refractivity contribution < 1.29 is 32.9 Å². The van der Waals surface area contributed by atoms with Gasteiger partial charge in [0.05, 0.1) is 64.2 Å². The molecule has 10 atom stereocenters. The van der Waals surface area contributed by atoms with Crippen molar-refractivity contribution >= 4 is 20.1 Å². The first-order valence-corrected chi connectivity index (χ1v) is 30.6. The normalized spacial score (nSPS) is 27.5. The molecule has 0 bridgehead atoms. The van der Waals surface area contributed by atoms with E-state index in [1.54, 1.807) is 19.8 Å². The van der Waals surface area contributed by atoms with E-state index in [1.807, 2.05) is 47.4 Å². The zero-order valence-corrected chi connectivity index (χ0v) is 49.6. The van der Waals surface area contributed by atoms with Crippen molar-refractivity contribution in [3.05, 3.63) is 107 Å². The molecule has 0 aromatic heterocycles. The van der Waals surface area contributed by atoms with Crippen molar-refractivity contribution in [2.45, 2.75) is 182 Å². The number of fused-ring (bicyclic) bond motifs is 5. The number of carbonyl (C=O) groups is 1. The van der Waals surface area contributed by atoms with Crippen LogP contribution in [0.1, 0.15) is 169 Å². The summed E-state index contributed by atoms with van der Waals surface area (Å²) in [5, 5.41) is 14.2. The lowest BCUT2D eigenvalue weighted by Crippen LogP contribution is -2.50. The van der Waals surface area contributed by atoms with Crippen LogP contribution >= 0.6 is 8.53 Å². The molecule has 3 saturated carbocycles. The highest BCUT2D eigenvalue weighted by Gasteiger charge is 2.59. The van der Waals surface area contributed by atoms with Crippen molar-refractivity contribution in [1.82, 2.24) is 9.57 Å². The van der Waals surface area contributed by atoms with Gasteiger partial charge in [0.1, 0.15) is 23.7 Å². The molecule has 420 valence electrons. The minimum absolute atomic E-state index is 0.0379. The third-order valence-corrected chi connectivity index (χ3v) is 21.2. The molecular formula is C65H93N4O7P. The number of likely N-dealkylation sites (tertiary alicyclic amines) is 1. The Morgan fingerprint density at radius 1 is 0.844 bits per heavy atom. The Morgan fingerprint density at radius 2 is 1.51 bits per heavy atom. The maximum Gasteiger partial charge on any atom is 0.259 e. The van der Waals surface area contributed by atoms with Gasteiger partial charge in [-0.05, 0) is 166 Å². The van der Waals surface area contributed by atoms with E-state index >= 15 is 0 Å². The lowest BCUT2D eigenvalue weighted by atomic mass is 9.47. The lowest BCUT2D eigenvalue weighted by molar-refractivity contribution is -0.135. The first-order valence-electron chi connectivity index (χ1n) is 29.5. The van der Waals surface area contributed by atoms with Crippen molar-refractivity contribution in [1.29, 1.82) is 5.26 Å². The fourth-order valence-electron chi connectivity index (χ4n) is 15.1. The SMILES string of the molecule is COc1ccc(C(OC[C@@H]2C[C@@H](OP(OCCC#N)N(C(C)C)C(C)C)CN2C(=O)CCO/N=C2\CC[C@@]3(C)C(=CCC4C3CC[C@@]3(C)C4CC[C@@H]3[C@H](C)CCCC(C)C)C2)(c2ccccc2)c2ccc(OC)cc2)cc1. The minimum Gasteiger partial charge on any atom is -0.497 e. The molecule has 1 heterocycles. The number of benzene rings is 3. The molecule has 11 nitrogen and oxygen atoms in total. The Kier molecular flexibility index (Phi) is 20.1. The Labute approximate surface area is 464 Å². The predicted octanol–water partition coefficient (Wildman–Crippen LogP) is 15.1. The van der Waals surface area contributed by atoms with E-state index in [4.69, 9.17) is 33.3 Å². The Bertz CT molecular complexity index is 2420. The van der Waals surface area contributed by atoms with Gasteiger partial charge in [-0.2, -0.15) is 5.26 Å². The van der Waals surface area contributed by atoms with Crippen LogP contribution < -0.4 is 9.47 Å². The number of nitriles is 1. The Hall–Kier alpha value is -4.30. The van der Waals surface area contributed by atoms with Gasteiger partial charge < -0.3 is 33.0 Å². The van der Waals surface area contributed by atoms with Crippen LogP contribution in [-0.4, -0.2) is 86.0 Å². The summed E-state index contributed by atoms with van der Waals surface area (Å²) in [5.74, 6) is 6.27. The number of ether oxygens (including phenoxy) is 3. The molecule has 77 heavy (non-hydrogen) atoms. The number of methoxy groups -OCH3 is 2. The van der Waals surface area contributed by atoms with E-state index in [0.717, 1.165) is 88.7 Å². The van der Waals surface area contributed by atoms with Gasteiger partial charge in [-0.3, -0.25) is 4.79 Å². The summed E-state index contributed by atoms with van der Waals surface area (Å²) in [6.07, 6.45) is 17.0. The molecular weight excluding hydrogens is 980 g/mol. The maximum absolute atomic E-state index is 14.7. The number of hydrogen-bond donors (Lipinski definition) is 0. The monoisotopic (exact) mass is 1070 g/mol. The standard InChI is InChI=1S/C65H93N4O7P/c1-45(2)17-15-18-48(7)59-31-32-60-58-30-25-52-41-53(33-36-63(52,8)61(58)34-37-64(59,60)9)67-74-40-35-62(70)68-43-57(76-77(75-39-16-38-66)69(46(3)4)47(5)6)42-54(68)44-73-65(49-19-13-12-14-20-49,50-21-26-55(71-10)27-22-50)51-23-28-56(72-11)29-24-51/h12-14,19-29,45-48,54,57-61H,15-18,30-37,39-44H2,1-11H3/b67-53+/t48-,54+,57-,58?,59-,60?,61?,63+,64-,77?/m1/s1. The van der Waals surface area contributed by atoms with Crippen LogP contribution in [0.25, 0.3) is 0 Å². The number of hydrogen-bond acceptors (Lipinski definition) is 10. The van der Waals surface area contributed by atoms with Crippen LogP contribution in [0.4, 0.5) is 0 Å². The smallest absolute Gasteiger partial charge is 0.259 e. The maximum atomic E-state index is 14.7. The molecule has 3 aromatic carbocycles. The summed E-state index contributed by atoms with van der Waals surface area (Å²) in [4.78, 5) is 22.8. The molecule has 4 fully saturated rings. The second kappa shape index (κ2) is 26.3. The molecule has 1 aliphatic heterocycles. The zero-order valence-electron chi connectivity index (χ0n) is 48.7. The third-order valence-electron chi connectivity index (χ3n) is 19.0. The fraction of sp³-hybridized carbons (Fsp3) is 0.646. The second-order valence-electron chi connectivity index (χ2n) is 24.7. The van der Waals surface area contributed by atoms with E-state index in [1.165, 1.54) is 51.4 Å². The summed E-state index contributed by atoms with van der Waals surface area (Å²) in [5.41, 5.74) is 5.05. The molecule has 4 aliphatic carbocycles. The highest BCUT2D eigenvalue weighted by atomic mass is 31.2. The molecule has 5 aliphatic rings. The van der Waals surface area contributed by atoms with Gasteiger partial charge in [-0.15, -0.1) is 0 Å². The van der Waals surface area contributed by atoms with Crippen LogP contribution in [0.15, 0.2) is 95.7 Å². The number of nitrogens with zero attached hydrogens (tertiary/aromatic N) is 4.